The largest absolute Gasteiger partial charge is 0.311 e. The molecule has 2 heterocycles. The van der Waals surface area contributed by atoms with Crippen molar-refractivity contribution in [2.75, 3.05) is 17.2 Å². The van der Waals surface area contributed by atoms with Crippen LogP contribution in [0.5, 0.6) is 0 Å². The van der Waals surface area contributed by atoms with Gasteiger partial charge in [-0.05, 0) is 22.0 Å². The fourth-order valence-corrected chi connectivity index (χ4v) is 3.78. The van der Waals surface area contributed by atoms with Crippen molar-refractivity contribution in [1.82, 2.24) is 4.98 Å². The van der Waals surface area contributed by atoms with E-state index in [1.54, 1.807) is 23.4 Å². The van der Waals surface area contributed by atoms with Crippen molar-refractivity contribution < 1.29 is 13.2 Å². The Labute approximate surface area is 118 Å². The van der Waals surface area contributed by atoms with Crippen molar-refractivity contribution in [2.24, 2.45) is 5.92 Å². The van der Waals surface area contributed by atoms with Gasteiger partial charge in [-0.15, -0.1) is 0 Å². The molecule has 1 unspecified atom stereocenters. The summed E-state index contributed by atoms with van der Waals surface area (Å²) in [6, 6.07) is 1.71. The molecule has 8 heteroatoms. The van der Waals surface area contributed by atoms with Gasteiger partial charge in [-0.3, -0.25) is 9.78 Å². The van der Waals surface area contributed by atoms with Crippen LogP contribution in [0.3, 0.4) is 0 Å². The highest BCUT2D eigenvalue weighted by Crippen LogP contribution is 2.31. The number of carbonyl (C=O) groups excluding carboxylic acids is 1. The minimum absolute atomic E-state index is 0.104. The Morgan fingerprint density at radius 1 is 1.56 bits per heavy atom. The molecule has 1 fully saturated rings. The summed E-state index contributed by atoms with van der Waals surface area (Å²) in [5.74, 6) is -0.549. The molecule has 2 rings (SSSR count). The van der Waals surface area contributed by atoms with Crippen molar-refractivity contribution in [1.29, 1.82) is 0 Å². The molecule has 1 atom stereocenters. The molecule has 1 saturated heterocycles. The second-order valence-corrected chi connectivity index (χ2v) is 7.78. The number of hydrogen-bond acceptors (Lipinski definition) is 4. The van der Waals surface area contributed by atoms with Gasteiger partial charge in [0.05, 0.1) is 15.9 Å². The smallest absolute Gasteiger partial charge is 0.232 e. The Kier molecular flexibility index (Phi) is 3.93. The molecule has 0 spiro atoms. The summed E-state index contributed by atoms with van der Waals surface area (Å²) >= 11 is 3.31. The third kappa shape index (κ3) is 3.21. The van der Waals surface area contributed by atoms with Crippen LogP contribution < -0.4 is 4.90 Å². The zero-order valence-electron chi connectivity index (χ0n) is 9.21. The van der Waals surface area contributed by atoms with E-state index in [2.05, 4.69) is 20.9 Å². The summed E-state index contributed by atoms with van der Waals surface area (Å²) in [6.07, 6.45) is 3.37. The predicted octanol–water partition coefficient (Wildman–Crippen LogP) is 1.77. The average Bonchev–Trinajstić information content (AvgIpc) is 2.57. The van der Waals surface area contributed by atoms with E-state index >= 15 is 0 Å². The van der Waals surface area contributed by atoms with Crippen LogP contribution >= 0.6 is 26.6 Å². The van der Waals surface area contributed by atoms with Crippen LogP contribution in [0.2, 0.25) is 0 Å². The molecule has 5 nitrogen and oxygen atoms in total. The number of aromatic nitrogens is 1. The minimum Gasteiger partial charge on any atom is -0.311 e. The molecule has 1 aromatic rings. The average molecular weight is 354 g/mol. The molecule has 1 amide bonds. The van der Waals surface area contributed by atoms with E-state index in [1.807, 2.05) is 0 Å². The summed E-state index contributed by atoms with van der Waals surface area (Å²) in [7, 11) is 1.63. The Hall–Kier alpha value is -0.660. The number of amides is 1. The van der Waals surface area contributed by atoms with Gasteiger partial charge in [0.25, 0.3) is 0 Å². The first-order valence-corrected chi connectivity index (χ1v) is 8.46. The number of pyridine rings is 1. The number of nitrogens with zero attached hydrogens (tertiary/aromatic N) is 2. The van der Waals surface area contributed by atoms with Crippen molar-refractivity contribution in [3.8, 4) is 0 Å². The fraction of sp³-hybridized carbons (Fsp3) is 0.400. The summed E-state index contributed by atoms with van der Waals surface area (Å²) in [4.78, 5) is 17.3. The van der Waals surface area contributed by atoms with Gasteiger partial charge < -0.3 is 4.90 Å². The standard InChI is InChI=1S/C10H10BrClN2O3S/c11-8-4-13-2-1-9(8)14-5-7(3-10(14)15)6-18(12,16)17/h1-2,4,7H,3,5-6H2. The lowest BCUT2D eigenvalue weighted by atomic mass is 10.1. The molecule has 0 bridgehead atoms. The highest BCUT2D eigenvalue weighted by molar-refractivity contribution is 9.10. The van der Waals surface area contributed by atoms with E-state index < -0.39 is 9.05 Å². The quantitative estimate of drug-likeness (QED) is 0.777. The van der Waals surface area contributed by atoms with Crippen LogP contribution in [0.15, 0.2) is 22.9 Å². The Balaban J connectivity index is 2.18. The van der Waals surface area contributed by atoms with Gasteiger partial charge in [0.2, 0.25) is 15.0 Å². The molecule has 1 aliphatic heterocycles. The number of hydrogen-bond donors (Lipinski definition) is 0. The van der Waals surface area contributed by atoms with Gasteiger partial charge in [-0.1, -0.05) is 0 Å². The predicted molar refractivity (Wildman–Crippen MR) is 72.0 cm³/mol. The SMILES string of the molecule is O=C1CC(CS(=O)(=O)Cl)CN1c1ccncc1Br. The lowest BCUT2D eigenvalue weighted by molar-refractivity contribution is -0.117. The zero-order valence-corrected chi connectivity index (χ0v) is 12.4. The van der Waals surface area contributed by atoms with Crippen LogP contribution in [0.1, 0.15) is 6.42 Å². The molecule has 98 valence electrons. The minimum atomic E-state index is -3.58. The third-order valence-corrected chi connectivity index (χ3v) is 4.54. The van der Waals surface area contributed by atoms with Gasteiger partial charge in [-0.25, -0.2) is 8.42 Å². The van der Waals surface area contributed by atoms with Crippen LogP contribution in [-0.4, -0.2) is 31.6 Å². The van der Waals surface area contributed by atoms with E-state index in [4.69, 9.17) is 10.7 Å². The van der Waals surface area contributed by atoms with Crippen molar-refractivity contribution in [3.63, 3.8) is 0 Å². The van der Waals surface area contributed by atoms with Gasteiger partial charge in [0, 0.05) is 42.0 Å². The lowest BCUT2D eigenvalue weighted by Gasteiger charge is -2.17. The Morgan fingerprint density at radius 3 is 2.89 bits per heavy atom. The molecule has 0 saturated carbocycles. The molecule has 1 aliphatic rings. The van der Waals surface area contributed by atoms with E-state index in [1.165, 1.54) is 0 Å². The first kappa shape index (κ1) is 13.8. The summed E-state index contributed by atoms with van der Waals surface area (Å²) in [6.45, 7) is 0.355. The number of anilines is 1. The van der Waals surface area contributed by atoms with E-state index in [0.29, 0.717) is 16.7 Å². The monoisotopic (exact) mass is 352 g/mol. The van der Waals surface area contributed by atoms with Gasteiger partial charge >= 0.3 is 0 Å². The molecular formula is C10H10BrClN2O3S. The molecule has 1 aromatic heterocycles. The molecule has 18 heavy (non-hydrogen) atoms. The summed E-state index contributed by atoms with van der Waals surface area (Å²) in [5, 5.41) is 0. The number of carbonyl (C=O) groups is 1. The van der Waals surface area contributed by atoms with Gasteiger partial charge in [0.1, 0.15) is 0 Å². The normalized spacial score (nSPS) is 20.4. The van der Waals surface area contributed by atoms with Crippen LogP contribution in [0.4, 0.5) is 5.69 Å². The van der Waals surface area contributed by atoms with Crippen LogP contribution in [-0.2, 0) is 13.8 Å². The first-order chi connectivity index (χ1) is 8.37. The summed E-state index contributed by atoms with van der Waals surface area (Å²) < 4.78 is 22.7. The van der Waals surface area contributed by atoms with Crippen molar-refractivity contribution in [2.45, 2.75) is 6.42 Å². The molecular weight excluding hydrogens is 344 g/mol. The van der Waals surface area contributed by atoms with Crippen LogP contribution in [0, 0.1) is 5.92 Å². The second-order valence-electron chi connectivity index (χ2n) is 4.11. The number of halogens is 2. The summed E-state index contributed by atoms with van der Waals surface area (Å²) in [5.41, 5.74) is 0.699. The van der Waals surface area contributed by atoms with E-state index in [-0.39, 0.29) is 24.0 Å². The highest BCUT2D eigenvalue weighted by atomic mass is 79.9. The molecule has 0 N–H and O–H groups in total. The van der Waals surface area contributed by atoms with Gasteiger partial charge in [-0.2, -0.15) is 0 Å². The fourth-order valence-electron chi connectivity index (χ4n) is 1.99. The third-order valence-electron chi connectivity index (χ3n) is 2.68. The maximum Gasteiger partial charge on any atom is 0.232 e. The second kappa shape index (κ2) is 5.14. The molecule has 0 aromatic carbocycles. The van der Waals surface area contributed by atoms with Crippen molar-refractivity contribution in [3.05, 3.63) is 22.9 Å². The zero-order chi connectivity index (χ0) is 13.3. The molecule has 0 aliphatic carbocycles. The highest BCUT2D eigenvalue weighted by Gasteiger charge is 2.33. The Morgan fingerprint density at radius 2 is 2.28 bits per heavy atom. The van der Waals surface area contributed by atoms with Crippen molar-refractivity contribution >= 4 is 47.3 Å². The Bertz CT molecular complexity index is 578. The van der Waals surface area contributed by atoms with E-state index in [9.17, 15) is 13.2 Å². The van der Waals surface area contributed by atoms with E-state index in [0.717, 1.165) is 0 Å². The first-order valence-electron chi connectivity index (χ1n) is 5.19. The maximum atomic E-state index is 11.9. The number of rotatable bonds is 3. The maximum absolute atomic E-state index is 11.9. The van der Waals surface area contributed by atoms with Gasteiger partial charge in [0.15, 0.2) is 0 Å². The topological polar surface area (TPSA) is 67.3 Å². The molecule has 0 radical (unpaired) electrons. The lowest BCUT2D eigenvalue weighted by Crippen LogP contribution is -2.25. The van der Waals surface area contributed by atoms with Crippen LogP contribution in [0.25, 0.3) is 0 Å².